The number of hydrogen-bond donors (Lipinski definition) is 2. The Labute approximate surface area is 212 Å². The molecular weight excluding hydrogens is 500 g/mol. The van der Waals surface area contributed by atoms with Crippen LogP contribution >= 0.6 is 0 Å². The molecule has 3 aromatic rings. The maximum Gasteiger partial charge on any atom is 0.337 e. The van der Waals surface area contributed by atoms with Crippen molar-refractivity contribution in [1.29, 1.82) is 0 Å². The predicted octanol–water partition coefficient (Wildman–Crippen LogP) is 3.67. The molecule has 36 heavy (non-hydrogen) atoms. The number of esters is 1. The Balaban J connectivity index is 2.08. The summed E-state index contributed by atoms with van der Waals surface area (Å²) in [6.07, 6.45) is 0.962. The predicted molar refractivity (Wildman–Crippen MR) is 137 cm³/mol. The summed E-state index contributed by atoms with van der Waals surface area (Å²) in [5.41, 5.74) is 2.85. The number of sulfonamides is 2. The van der Waals surface area contributed by atoms with Gasteiger partial charge in [-0.2, -0.15) is 4.72 Å². The third-order valence-corrected chi connectivity index (χ3v) is 8.21. The van der Waals surface area contributed by atoms with Gasteiger partial charge in [0.05, 0.1) is 28.5 Å². The molecule has 0 radical (unpaired) electrons. The first-order valence-corrected chi connectivity index (χ1v) is 13.9. The zero-order chi connectivity index (χ0) is 26.5. The fraction of sp³-hybridized carbons (Fsp3) is 0.192. The van der Waals surface area contributed by atoms with Gasteiger partial charge >= 0.3 is 5.97 Å². The number of ether oxygens (including phenoxy) is 1. The molecule has 0 bridgehead atoms. The average Bonchev–Trinajstić information content (AvgIpc) is 2.84. The van der Waals surface area contributed by atoms with Gasteiger partial charge in [0.1, 0.15) is 0 Å². The first-order chi connectivity index (χ1) is 16.9. The van der Waals surface area contributed by atoms with Crippen LogP contribution in [0.2, 0.25) is 0 Å². The minimum absolute atomic E-state index is 0.00494. The van der Waals surface area contributed by atoms with Crippen LogP contribution in [-0.2, 0) is 29.6 Å². The van der Waals surface area contributed by atoms with E-state index in [1.165, 1.54) is 24.3 Å². The number of benzene rings is 3. The van der Waals surface area contributed by atoms with E-state index in [2.05, 4.69) is 9.44 Å². The molecule has 1 atom stereocenters. The molecule has 0 aliphatic rings. The minimum atomic E-state index is -4.11. The van der Waals surface area contributed by atoms with Gasteiger partial charge in [0.2, 0.25) is 10.0 Å². The van der Waals surface area contributed by atoms with Crippen LogP contribution in [0.4, 0.5) is 0 Å². The van der Waals surface area contributed by atoms with E-state index >= 15 is 0 Å². The van der Waals surface area contributed by atoms with Crippen molar-refractivity contribution in [3.63, 3.8) is 0 Å². The standard InChI is InChI=1S/C26H28N2O6S2/c1-18-5-11-21(12-6-18)25(28-36(32,33)23-15-9-20(3)10-16-23)24(26(29)34-4)17-27-35(30,31)22-13-7-19(2)8-14-22/h5-17,25,27-28H,1-4H3/b24-17+. The van der Waals surface area contributed by atoms with Crippen molar-refractivity contribution in [2.24, 2.45) is 0 Å². The van der Waals surface area contributed by atoms with Gasteiger partial charge in [-0.25, -0.2) is 21.6 Å². The number of aryl methyl sites for hydroxylation is 3. The van der Waals surface area contributed by atoms with Crippen LogP contribution in [0.3, 0.4) is 0 Å². The second-order valence-electron chi connectivity index (χ2n) is 8.30. The number of hydrogen-bond acceptors (Lipinski definition) is 6. The summed E-state index contributed by atoms with van der Waals surface area (Å²) in [5, 5.41) is 0. The van der Waals surface area contributed by atoms with Crippen molar-refractivity contribution in [1.82, 2.24) is 9.44 Å². The van der Waals surface area contributed by atoms with E-state index in [-0.39, 0.29) is 15.4 Å². The van der Waals surface area contributed by atoms with Crippen molar-refractivity contribution in [2.75, 3.05) is 7.11 Å². The highest BCUT2D eigenvalue weighted by atomic mass is 32.2. The molecule has 3 rings (SSSR count). The molecule has 190 valence electrons. The van der Waals surface area contributed by atoms with Gasteiger partial charge in [-0.15, -0.1) is 0 Å². The molecular formula is C26H28N2O6S2. The van der Waals surface area contributed by atoms with Crippen LogP contribution in [0.15, 0.2) is 94.4 Å². The lowest BCUT2D eigenvalue weighted by atomic mass is 9.99. The van der Waals surface area contributed by atoms with Crippen molar-refractivity contribution < 1.29 is 26.4 Å². The van der Waals surface area contributed by atoms with E-state index in [1.807, 2.05) is 20.8 Å². The monoisotopic (exact) mass is 528 g/mol. The maximum atomic E-state index is 13.2. The molecule has 0 saturated heterocycles. The average molecular weight is 529 g/mol. The second kappa shape index (κ2) is 11.1. The van der Waals surface area contributed by atoms with E-state index in [0.717, 1.165) is 30.0 Å². The molecule has 10 heteroatoms. The Morgan fingerprint density at radius 2 is 1.14 bits per heavy atom. The van der Waals surface area contributed by atoms with Gasteiger partial charge < -0.3 is 4.74 Å². The first kappa shape index (κ1) is 27.1. The molecule has 0 aliphatic carbocycles. The Kier molecular flexibility index (Phi) is 8.34. The molecule has 0 amide bonds. The van der Waals surface area contributed by atoms with Gasteiger partial charge in [0, 0.05) is 6.20 Å². The topological polar surface area (TPSA) is 119 Å². The van der Waals surface area contributed by atoms with E-state index in [9.17, 15) is 21.6 Å². The van der Waals surface area contributed by atoms with Gasteiger partial charge in [0.15, 0.2) is 0 Å². The quantitative estimate of drug-likeness (QED) is 0.323. The molecule has 0 fully saturated rings. The van der Waals surface area contributed by atoms with Crippen LogP contribution in [0.5, 0.6) is 0 Å². The van der Waals surface area contributed by atoms with Gasteiger partial charge in [-0.3, -0.25) is 4.72 Å². The van der Waals surface area contributed by atoms with Crippen LogP contribution < -0.4 is 9.44 Å². The number of methoxy groups -OCH3 is 1. The number of carbonyl (C=O) groups excluding carboxylic acids is 1. The van der Waals surface area contributed by atoms with Gasteiger partial charge in [-0.05, 0) is 50.6 Å². The summed E-state index contributed by atoms with van der Waals surface area (Å²) >= 11 is 0. The summed E-state index contributed by atoms with van der Waals surface area (Å²) in [6, 6.07) is 17.9. The molecule has 0 heterocycles. The van der Waals surface area contributed by atoms with Crippen LogP contribution in [0, 0.1) is 20.8 Å². The zero-order valence-electron chi connectivity index (χ0n) is 20.3. The molecule has 8 nitrogen and oxygen atoms in total. The highest BCUT2D eigenvalue weighted by molar-refractivity contribution is 7.89. The lowest BCUT2D eigenvalue weighted by Crippen LogP contribution is -2.33. The Hall–Kier alpha value is -3.47. The van der Waals surface area contributed by atoms with Gasteiger partial charge in [0.25, 0.3) is 10.0 Å². The van der Waals surface area contributed by atoms with Crippen LogP contribution in [0.1, 0.15) is 28.3 Å². The molecule has 0 aromatic heterocycles. The second-order valence-corrected chi connectivity index (χ2v) is 11.7. The number of rotatable bonds is 9. The van der Waals surface area contributed by atoms with Crippen LogP contribution in [0.25, 0.3) is 0 Å². The number of carbonyl (C=O) groups is 1. The Bertz CT molecular complexity index is 1460. The van der Waals surface area contributed by atoms with E-state index in [1.54, 1.807) is 48.5 Å². The molecule has 0 saturated carbocycles. The Morgan fingerprint density at radius 1 is 0.722 bits per heavy atom. The van der Waals surface area contributed by atoms with Crippen molar-refractivity contribution in [2.45, 2.75) is 36.6 Å². The third kappa shape index (κ3) is 6.60. The van der Waals surface area contributed by atoms with Gasteiger partial charge in [-0.1, -0.05) is 65.2 Å². The van der Waals surface area contributed by atoms with Crippen molar-refractivity contribution in [3.8, 4) is 0 Å². The highest BCUT2D eigenvalue weighted by Crippen LogP contribution is 2.26. The molecule has 2 N–H and O–H groups in total. The molecule has 1 unspecified atom stereocenters. The minimum Gasteiger partial charge on any atom is -0.466 e. The smallest absolute Gasteiger partial charge is 0.337 e. The highest BCUT2D eigenvalue weighted by Gasteiger charge is 2.30. The Morgan fingerprint density at radius 3 is 1.58 bits per heavy atom. The zero-order valence-corrected chi connectivity index (χ0v) is 22.0. The molecule has 3 aromatic carbocycles. The SMILES string of the molecule is COC(=O)/C(=C/NS(=O)(=O)c1ccc(C)cc1)C(NS(=O)(=O)c1ccc(C)cc1)c1ccc(C)cc1. The first-order valence-electron chi connectivity index (χ1n) is 11.0. The lowest BCUT2D eigenvalue weighted by molar-refractivity contribution is -0.136. The molecule has 0 spiro atoms. The number of nitrogens with one attached hydrogen (secondary N) is 2. The van der Waals surface area contributed by atoms with Crippen LogP contribution in [-0.4, -0.2) is 29.9 Å². The summed E-state index contributed by atoms with van der Waals surface area (Å²) in [6.45, 7) is 5.52. The largest absolute Gasteiger partial charge is 0.466 e. The molecule has 0 aliphatic heterocycles. The third-order valence-electron chi connectivity index (χ3n) is 5.45. The summed E-state index contributed by atoms with van der Waals surface area (Å²) < 4.78 is 61.9. The summed E-state index contributed by atoms with van der Waals surface area (Å²) in [4.78, 5) is 12.8. The fourth-order valence-electron chi connectivity index (χ4n) is 3.32. The van der Waals surface area contributed by atoms with E-state index in [4.69, 9.17) is 4.74 Å². The summed E-state index contributed by atoms with van der Waals surface area (Å²) in [5.74, 6) is -0.904. The van der Waals surface area contributed by atoms with Crippen molar-refractivity contribution in [3.05, 3.63) is 107 Å². The summed E-state index contributed by atoms with van der Waals surface area (Å²) in [7, 11) is -7.03. The van der Waals surface area contributed by atoms with E-state index in [0.29, 0.717) is 5.56 Å². The normalized spacial score (nSPS) is 13.2. The maximum absolute atomic E-state index is 13.2. The van der Waals surface area contributed by atoms with Crippen molar-refractivity contribution >= 4 is 26.0 Å². The fourth-order valence-corrected chi connectivity index (χ4v) is 5.43. The lowest BCUT2D eigenvalue weighted by Gasteiger charge is -2.22. The van der Waals surface area contributed by atoms with E-state index < -0.39 is 32.1 Å².